The molecule has 0 atom stereocenters. The Balaban J connectivity index is 2.02. The van der Waals surface area contributed by atoms with Gasteiger partial charge in [0.2, 0.25) is 0 Å². The average Bonchev–Trinajstić information content (AvgIpc) is 2.59. The summed E-state index contributed by atoms with van der Waals surface area (Å²) in [5, 5.41) is 16.4. The molecule has 4 amide bonds. The highest BCUT2D eigenvalue weighted by Crippen LogP contribution is 2.18. The quantitative estimate of drug-likeness (QED) is 0.356. The number of urea groups is 2. The summed E-state index contributed by atoms with van der Waals surface area (Å²) in [6.07, 6.45) is 10.0. The maximum atomic E-state index is 11.9. The maximum absolute atomic E-state index is 11.9. The second kappa shape index (κ2) is 12.0. The molecule has 0 radical (unpaired) electrons. The molecule has 0 aromatic rings. The van der Waals surface area contributed by atoms with Crippen molar-refractivity contribution >= 4 is 12.1 Å². The lowest BCUT2D eigenvalue weighted by atomic mass is 10.1. The summed E-state index contributed by atoms with van der Waals surface area (Å²) in [5.41, 5.74) is 0. The van der Waals surface area contributed by atoms with Gasteiger partial charge in [0.1, 0.15) is 13.2 Å². The normalized spacial score (nSPS) is 13.2. The van der Waals surface area contributed by atoms with E-state index in [-0.39, 0.29) is 12.1 Å². The molecule has 8 heteroatoms. The number of ether oxygens (including phenoxy) is 2. The van der Waals surface area contributed by atoms with E-state index in [4.69, 9.17) is 10.5 Å². The number of rotatable bonds is 14. The first kappa shape index (κ1) is 19.6. The van der Waals surface area contributed by atoms with Crippen molar-refractivity contribution < 1.29 is 19.1 Å². The van der Waals surface area contributed by atoms with E-state index in [9.17, 15) is 9.59 Å². The topological polar surface area (TPSA) is 107 Å². The Morgan fingerprint density at radius 1 is 0.667 bits per heavy atom. The fraction of sp³-hybridized carbons (Fsp3) is 0.750. The van der Waals surface area contributed by atoms with Gasteiger partial charge in [0.05, 0.1) is 0 Å². The predicted octanol–water partition coefficient (Wildman–Crippen LogP) is 2.96. The number of imide groups is 2. The van der Waals surface area contributed by atoms with Gasteiger partial charge in [0.25, 0.3) is 12.5 Å². The van der Waals surface area contributed by atoms with Gasteiger partial charge in [-0.15, -0.1) is 0 Å². The Morgan fingerprint density at radius 2 is 1.04 bits per heavy atom. The molecule has 1 rings (SSSR count). The molecule has 1 aliphatic rings. The largest absolute Gasteiger partial charge is 0.428 e. The van der Waals surface area contributed by atoms with E-state index in [0.717, 1.165) is 51.4 Å². The number of hydrogen-bond acceptors (Lipinski definition) is 6. The van der Waals surface area contributed by atoms with E-state index in [1.54, 1.807) is 12.5 Å². The fourth-order valence-electron chi connectivity index (χ4n) is 2.48. The molecule has 0 spiro atoms. The number of carbonyl (C=O) groups is 2. The van der Waals surface area contributed by atoms with Crippen molar-refractivity contribution in [1.82, 2.24) is 9.80 Å². The summed E-state index contributed by atoms with van der Waals surface area (Å²) in [6, 6.07) is -0.416. The number of nitriles is 2. The molecule has 0 N–H and O–H groups in total. The van der Waals surface area contributed by atoms with Crippen molar-refractivity contribution in [3.8, 4) is 12.5 Å². The maximum Gasteiger partial charge on any atom is 0.336 e. The molecule has 8 nitrogen and oxygen atoms in total. The minimum absolute atomic E-state index is 0.208. The molecule has 0 bridgehead atoms. The highest BCUT2D eigenvalue weighted by atomic mass is 16.5. The third-order valence-corrected chi connectivity index (χ3v) is 3.81. The first-order valence-corrected chi connectivity index (χ1v) is 8.37. The zero-order valence-corrected chi connectivity index (χ0v) is 13.9. The predicted molar refractivity (Wildman–Crippen MR) is 84.3 cm³/mol. The number of amides is 4. The van der Waals surface area contributed by atoms with Gasteiger partial charge < -0.3 is 9.47 Å². The van der Waals surface area contributed by atoms with Crippen molar-refractivity contribution in [2.24, 2.45) is 0 Å². The SMILES string of the molecule is N#COCCCCCCN1C(=O)N(CCCCCCOC#N)C1=O. The van der Waals surface area contributed by atoms with Crippen LogP contribution in [0.1, 0.15) is 51.4 Å². The summed E-state index contributed by atoms with van der Waals surface area (Å²) in [5.74, 6) is 0. The lowest BCUT2D eigenvalue weighted by molar-refractivity contribution is 0.103. The van der Waals surface area contributed by atoms with Crippen molar-refractivity contribution in [2.75, 3.05) is 26.3 Å². The molecule has 24 heavy (non-hydrogen) atoms. The highest BCUT2D eigenvalue weighted by Gasteiger charge is 2.42. The number of unbranched alkanes of at least 4 members (excludes halogenated alkanes) is 6. The summed E-state index contributed by atoms with van der Waals surface area (Å²) >= 11 is 0. The second-order valence-corrected chi connectivity index (χ2v) is 5.58. The third-order valence-electron chi connectivity index (χ3n) is 3.81. The Kier molecular flexibility index (Phi) is 9.79. The van der Waals surface area contributed by atoms with Gasteiger partial charge in [-0.1, -0.05) is 12.8 Å². The van der Waals surface area contributed by atoms with Crippen molar-refractivity contribution in [2.45, 2.75) is 51.4 Å². The second-order valence-electron chi connectivity index (χ2n) is 5.58. The average molecular weight is 336 g/mol. The molecular formula is C16H24N4O4. The summed E-state index contributed by atoms with van der Waals surface area (Å²) in [4.78, 5) is 26.4. The van der Waals surface area contributed by atoms with Crippen LogP contribution in [0.15, 0.2) is 0 Å². The van der Waals surface area contributed by atoms with Crippen LogP contribution < -0.4 is 0 Å². The van der Waals surface area contributed by atoms with E-state index in [2.05, 4.69) is 9.47 Å². The molecule has 0 saturated carbocycles. The van der Waals surface area contributed by atoms with Gasteiger partial charge in [0.15, 0.2) is 0 Å². The van der Waals surface area contributed by atoms with Crippen molar-refractivity contribution in [1.29, 1.82) is 10.5 Å². The molecule has 0 aromatic carbocycles. The van der Waals surface area contributed by atoms with E-state index >= 15 is 0 Å². The van der Waals surface area contributed by atoms with Crippen LogP contribution in [0.4, 0.5) is 9.59 Å². The van der Waals surface area contributed by atoms with Crippen LogP contribution in [-0.4, -0.2) is 48.2 Å². The Labute approximate surface area is 142 Å². The van der Waals surface area contributed by atoms with Gasteiger partial charge in [-0.25, -0.2) is 19.4 Å². The molecule has 1 saturated heterocycles. The van der Waals surface area contributed by atoms with Gasteiger partial charge in [-0.05, 0) is 38.5 Å². The molecule has 1 aliphatic heterocycles. The van der Waals surface area contributed by atoms with Crippen LogP contribution in [-0.2, 0) is 9.47 Å². The molecule has 0 aromatic heterocycles. The van der Waals surface area contributed by atoms with Crippen LogP contribution in [0.5, 0.6) is 0 Å². The fourth-order valence-corrected chi connectivity index (χ4v) is 2.48. The zero-order chi connectivity index (χ0) is 17.6. The smallest absolute Gasteiger partial charge is 0.336 e. The van der Waals surface area contributed by atoms with E-state index < -0.39 is 0 Å². The first-order valence-electron chi connectivity index (χ1n) is 8.37. The van der Waals surface area contributed by atoms with Gasteiger partial charge in [-0.3, -0.25) is 0 Å². The van der Waals surface area contributed by atoms with E-state index in [1.165, 1.54) is 9.80 Å². The molecule has 1 heterocycles. The van der Waals surface area contributed by atoms with E-state index in [1.807, 2.05) is 0 Å². The minimum Gasteiger partial charge on any atom is -0.428 e. The highest BCUT2D eigenvalue weighted by molar-refractivity contribution is 6.11. The number of hydrogen-bond donors (Lipinski definition) is 0. The van der Waals surface area contributed by atoms with E-state index in [0.29, 0.717) is 26.3 Å². The minimum atomic E-state index is -0.208. The standard InChI is InChI=1S/C16H24N4O4/c17-13-23-11-7-3-1-5-9-19-15(21)20(16(19)22)10-6-2-4-8-12-24-14-18/h1-12H2. The van der Waals surface area contributed by atoms with Gasteiger partial charge in [-0.2, -0.15) is 10.5 Å². The first-order chi connectivity index (χ1) is 11.7. The van der Waals surface area contributed by atoms with Gasteiger partial charge >= 0.3 is 12.1 Å². The Hall–Kier alpha value is -2.48. The Bertz CT molecular complexity index is 427. The summed E-state index contributed by atoms with van der Waals surface area (Å²) in [6.45, 7) is 1.76. The molecule has 1 fully saturated rings. The van der Waals surface area contributed by atoms with Crippen LogP contribution in [0.2, 0.25) is 0 Å². The third kappa shape index (κ3) is 6.74. The summed E-state index contributed by atoms with van der Waals surface area (Å²) < 4.78 is 9.15. The lowest BCUT2D eigenvalue weighted by Gasteiger charge is -2.39. The molecule has 0 unspecified atom stereocenters. The molecule has 0 aliphatic carbocycles. The van der Waals surface area contributed by atoms with Crippen LogP contribution in [0.3, 0.4) is 0 Å². The zero-order valence-electron chi connectivity index (χ0n) is 13.9. The van der Waals surface area contributed by atoms with Crippen molar-refractivity contribution in [3.63, 3.8) is 0 Å². The molecule has 132 valence electrons. The van der Waals surface area contributed by atoms with Gasteiger partial charge in [0, 0.05) is 13.1 Å². The van der Waals surface area contributed by atoms with Crippen LogP contribution >= 0.6 is 0 Å². The Morgan fingerprint density at radius 3 is 1.42 bits per heavy atom. The van der Waals surface area contributed by atoms with Crippen molar-refractivity contribution in [3.05, 3.63) is 0 Å². The lowest BCUT2D eigenvalue weighted by Crippen LogP contribution is -2.64. The number of carbonyl (C=O) groups excluding carboxylic acids is 2. The monoisotopic (exact) mass is 336 g/mol. The van der Waals surface area contributed by atoms with Crippen LogP contribution in [0.25, 0.3) is 0 Å². The summed E-state index contributed by atoms with van der Waals surface area (Å²) in [7, 11) is 0. The van der Waals surface area contributed by atoms with Crippen LogP contribution in [0, 0.1) is 23.0 Å². The number of nitrogens with zero attached hydrogens (tertiary/aromatic N) is 4. The molecular weight excluding hydrogens is 312 g/mol.